The Morgan fingerprint density at radius 2 is 1.62 bits per heavy atom. The second kappa shape index (κ2) is 17.8. The van der Waals surface area contributed by atoms with Crippen molar-refractivity contribution >= 4 is 35.0 Å². The van der Waals surface area contributed by atoms with Crippen LogP contribution in [-0.4, -0.2) is 98.4 Å². The fourth-order valence-electron chi connectivity index (χ4n) is 5.98. The van der Waals surface area contributed by atoms with Gasteiger partial charge in [0, 0.05) is 55.8 Å². The van der Waals surface area contributed by atoms with E-state index in [1.165, 1.54) is 0 Å². The van der Waals surface area contributed by atoms with Crippen molar-refractivity contribution in [2.75, 3.05) is 63.2 Å². The van der Waals surface area contributed by atoms with Crippen LogP contribution < -0.4 is 34.9 Å². The lowest BCUT2D eigenvalue weighted by Gasteiger charge is -2.35. The van der Waals surface area contributed by atoms with Crippen LogP contribution in [0.5, 0.6) is 23.0 Å². The van der Waals surface area contributed by atoms with Crippen molar-refractivity contribution in [3.05, 3.63) is 66.2 Å². The number of nitrogens with one attached hydrogen (secondary N) is 3. The van der Waals surface area contributed by atoms with Gasteiger partial charge in [-0.3, -0.25) is 4.79 Å². The Balaban J connectivity index is 1.34. The zero-order chi connectivity index (χ0) is 37.2. The van der Waals surface area contributed by atoms with Crippen LogP contribution in [0.4, 0.5) is 26.7 Å². The number of methoxy groups -OCH3 is 1. The van der Waals surface area contributed by atoms with Crippen molar-refractivity contribution in [3.63, 3.8) is 0 Å². The molecule has 2 aliphatic heterocycles. The molecule has 4 N–H and O–H groups in total. The van der Waals surface area contributed by atoms with Crippen molar-refractivity contribution in [1.82, 2.24) is 9.80 Å². The highest BCUT2D eigenvalue weighted by Gasteiger charge is 2.31. The summed E-state index contributed by atoms with van der Waals surface area (Å²) < 4.78 is 28.6. The highest BCUT2D eigenvalue weighted by atomic mass is 16.7. The number of aliphatic hydroxyl groups excluding tert-OH is 1. The van der Waals surface area contributed by atoms with Crippen LogP contribution in [-0.2, 0) is 4.74 Å². The number of hydrogen-bond acceptors (Lipinski definition) is 9. The molecule has 0 saturated heterocycles. The van der Waals surface area contributed by atoms with Gasteiger partial charge in [0.15, 0.2) is 11.5 Å². The average Bonchev–Trinajstić information content (AvgIpc) is 3.61. The first-order chi connectivity index (χ1) is 25.0. The maximum absolute atomic E-state index is 14.4. The molecule has 2 aliphatic rings. The predicted octanol–water partition coefficient (Wildman–Crippen LogP) is 6.03. The SMILES string of the molecule is COc1ccc(NC(=O)N(C)C[C@@H]2OCCCC[C@H](C)Oc3ccc(NC(=O)Nc4ccc5c(c4)OCO5)cc3C(=O)N([C@@H](C)CO)C[C@@H]2C)cc1. The summed E-state index contributed by atoms with van der Waals surface area (Å²) in [5, 5.41) is 18.8. The van der Waals surface area contributed by atoms with Crippen LogP contribution in [0.1, 0.15) is 50.4 Å². The minimum Gasteiger partial charge on any atom is -0.497 e. The molecule has 2 heterocycles. The average molecular weight is 720 g/mol. The third kappa shape index (κ3) is 9.98. The minimum atomic E-state index is -0.559. The van der Waals surface area contributed by atoms with E-state index >= 15 is 0 Å². The van der Waals surface area contributed by atoms with E-state index in [9.17, 15) is 19.5 Å². The number of rotatable bonds is 8. The number of likely N-dealkylation sites (N-methyl/N-ethyl adjacent to an activating group) is 1. The van der Waals surface area contributed by atoms with Gasteiger partial charge in [-0.25, -0.2) is 9.59 Å². The first kappa shape index (κ1) is 38.0. The zero-order valence-corrected chi connectivity index (χ0v) is 30.3. The van der Waals surface area contributed by atoms with Gasteiger partial charge in [-0.2, -0.15) is 0 Å². The number of aliphatic hydroxyl groups is 1. The van der Waals surface area contributed by atoms with Gasteiger partial charge < -0.3 is 54.5 Å². The summed E-state index contributed by atoms with van der Waals surface area (Å²) in [6.07, 6.45) is 1.69. The standard InChI is InChI=1S/C38H49N5O9/c1-24-20-43(25(2)22-44)36(45)31-18-28(39-37(46)40-29-12-16-33-34(19-29)51-23-50-33)11-15-32(31)52-26(3)8-6-7-17-49-35(24)21-42(4)38(47)41-27-9-13-30(48-5)14-10-27/h9-16,18-19,24-26,35,44H,6-8,17,20-23H2,1-5H3,(H,41,47)(H2,39,40,46)/t24-,25-,26-,35-/m0/s1. The lowest BCUT2D eigenvalue weighted by atomic mass is 10.0. The van der Waals surface area contributed by atoms with E-state index in [1.807, 2.05) is 13.8 Å². The third-order valence-electron chi connectivity index (χ3n) is 9.08. The van der Waals surface area contributed by atoms with Gasteiger partial charge in [-0.05, 0) is 87.7 Å². The summed E-state index contributed by atoms with van der Waals surface area (Å²) in [4.78, 5) is 43.8. The molecule has 0 spiro atoms. The van der Waals surface area contributed by atoms with Crippen LogP contribution in [0.2, 0.25) is 0 Å². The Morgan fingerprint density at radius 3 is 2.33 bits per heavy atom. The smallest absolute Gasteiger partial charge is 0.323 e. The molecule has 14 nitrogen and oxygen atoms in total. The molecule has 52 heavy (non-hydrogen) atoms. The Kier molecular flexibility index (Phi) is 13.0. The molecule has 0 saturated carbocycles. The summed E-state index contributed by atoms with van der Waals surface area (Å²) >= 11 is 0. The summed E-state index contributed by atoms with van der Waals surface area (Å²) in [6, 6.07) is 15.7. The number of nitrogens with zero attached hydrogens (tertiary/aromatic N) is 2. The quantitative estimate of drug-likeness (QED) is 0.218. The summed E-state index contributed by atoms with van der Waals surface area (Å²) in [7, 11) is 3.28. The van der Waals surface area contributed by atoms with Crippen LogP contribution in [0.3, 0.4) is 0 Å². The highest BCUT2D eigenvalue weighted by Crippen LogP contribution is 2.34. The van der Waals surface area contributed by atoms with E-state index in [0.29, 0.717) is 46.7 Å². The molecule has 0 aromatic heterocycles. The van der Waals surface area contributed by atoms with E-state index in [4.69, 9.17) is 23.7 Å². The zero-order valence-electron chi connectivity index (χ0n) is 30.3. The van der Waals surface area contributed by atoms with E-state index in [2.05, 4.69) is 16.0 Å². The molecule has 3 aromatic carbocycles. The van der Waals surface area contributed by atoms with Gasteiger partial charge in [0.05, 0.1) is 37.5 Å². The molecule has 4 atom stereocenters. The minimum absolute atomic E-state index is 0.118. The maximum atomic E-state index is 14.4. The van der Waals surface area contributed by atoms with E-state index in [1.54, 1.807) is 91.5 Å². The largest absolute Gasteiger partial charge is 0.497 e. The topological polar surface area (TPSA) is 160 Å². The number of urea groups is 2. The van der Waals surface area contributed by atoms with Crippen molar-refractivity contribution in [1.29, 1.82) is 0 Å². The number of ether oxygens (including phenoxy) is 5. The molecule has 0 unspecified atom stereocenters. The van der Waals surface area contributed by atoms with Crippen LogP contribution in [0.15, 0.2) is 60.7 Å². The highest BCUT2D eigenvalue weighted by molar-refractivity contribution is 6.02. The molecule has 5 rings (SSSR count). The van der Waals surface area contributed by atoms with Crippen LogP contribution in [0, 0.1) is 5.92 Å². The van der Waals surface area contributed by atoms with E-state index in [0.717, 1.165) is 19.3 Å². The van der Waals surface area contributed by atoms with E-state index in [-0.39, 0.29) is 56.0 Å². The lowest BCUT2D eigenvalue weighted by molar-refractivity contribution is -0.0115. The Labute approximate surface area is 304 Å². The van der Waals surface area contributed by atoms with Crippen LogP contribution >= 0.6 is 0 Å². The summed E-state index contributed by atoms with van der Waals surface area (Å²) in [5.74, 6) is 1.57. The first-order valence-corrected chi connectivity index (χ1v) is 17.5. The number of fused-ring (bicyclic) bond motifs is 2. The van der Waals surface area contributed by atoms with Gasteiger partial charge in [0.1, 0.15) is 11.5 Å². The van der Waals surface area contributed by atoms with E-state index < -0.39 is 18.2 Å². The van der Waals surface area contributed by atoms with Crippen molar-refractivity contribution in [2.24, 2.45) is 5.92 Å². The van der Waals surface area contributed by atoms with Gasteiger partial charge in [0.25, 0.3) is 5.91 Å². The maximum Gasteiger partial charge on any atom is 0.323 e. The first-order valence-electron chi connectivity index (χ1n) is 17.5. The second-order valence-corrected chi connectivity index (χ2v) is 13.2. The van der Waals surface area contributed by atoms with Crippen molar-refractivity contribution in [2.45, 2.75) is 58.3 Å². The number of hydrogen-bond donors (Lipinski definition) is 4. The van der Waals surface area contributed by atoms with Gasteiger partial charge >= 0.3 is 12.1 Å². The molecule has 0 bridgehead atoms. The number of amides is 5. The summed E-state index contributed by atoms with van der Waals surface area (Å²) in [6.45, 7) is 6.47. The molecule has 3 aromatic rings. The Morgan fingerprint density at radius 1 is 0.942 bits per heavy atom. The van der Waals surface area contributed by atoms with Crippen molar-refractivity contribution in [3.8, 4) is 23.0 Å². The number of anilines is 3. The summed E-state index contributed by atoms with van der Waals surface area (Å²) in [5.41, 5.74) is 1.75. The third-order valence-corrected chi connectivity index (χ3v) is 9.08. The Hall–Kier alpha value is -5.21. The molecule has 5 amide bonds. The molecule has 0 aliphatic carbocycles. The molecule has 0 radical (unpaired) electrons. The molecular formula is C38H49N5O9. The molecular weight excluding hydrogens is 670 g/mol. The number of benzene rings is 3. The van der Waals surface area contributed by atoms with Gasteiger partial charge in [-0.1, -0.05) is 6.92 Å². The molecule has 280 valence electrons. The van der Waals surface area contributed by atoms with Gasteiger partial charge in [0.2, 0.25) is 6.79 Å². The monoisotopic (exact) mass is 719 g/mol. The normalized spacial score (nSPS) is 19.7. The lowest BCUT2D eigenvalue weighted by Crippen LogP contribution is -2.48. The molecule has 0 fully saturated rings. The van der Waals surface area contributed by atoms with Gasteiger partial charge in [-0.15, -0.1) is 0 Å². The predicted molar refractivity (Wildman–Crippen MR) is 197 cm³/mol. The number of carbonyl (C=O) groups is 3. The van der Waals surface area contributed by atoms with Crippen LogP contribution in [0.25, 0.3) is 0 Å². The molecule has 14 heteroatoms. The Bertz CT molecular complexity index is 1690. The van der Waals surface area contributed by atoms with Crippen molar-refractivity contribution < 1.29 is 43.2 Å². The fourth-order valence-corrected chi connectivity index (χ4v) is 5.98. The fraction of sp³-hybridized carbons (Fsp3) is 0.447. The second-order valence-electron chi connectivity index (χ2n) is 13.2. The number of carbonyl (C=O) groups excluding carboxylic acids is 3.